The Labute approximate surface area is 105 Å². The first-order valence-electron chi connectivity index (χ1n) is 6.79. The molecule has 1 aromatic rings. The highest BCUT2D eigenvalue weighted by molar-refractivity contribution is 5.38. The molecule has 3 nitrogen and oxygen atoms in total. The SMILES string of the molecule is CCCc1nc(CC(C)C)c(N)n1CC(C)C. The van der Waals surface area contributed by atoms with Crippen LogP contribution in [0.3, 0.4) is 0 Å². The minimum absolute atomic E-state index is 0.606. The standard InChI is InChI=1S/C14H27N3/c1-6-7-13-16-12(8-10(2)3)14(15)17(13)9-11(4)5/h10-11H,6-9,15H2,1-5H3. The van der Waals surface area contributed by atoms with Gasteiger partial charge in [0.15, 0.2) is 0 Å². The molecule has 0 aromatic carbocycles. The van der Waals surface area contributed by atoms with Crippen molar-refractivity contribution in [1.29, 1.82) is 0 Å². The van der Waals surface area contributed by atoms with Gasteiger partial charge < -0.3 is 10.3 Å². The summed E-state index contributed by atoms with van der Waals surface area (Å²) in [5.41, 5.74) is 7.32. The number of nitrogens with two attached hydrogens (primary N) is 1. The summed E-state index contributed by atoms with van der Waals surface area (Å²) in [5, 5.41) is 0. The van der Waals surface area contributed by atoms with E-state index in [1.54, 1.807) is 0 Å². The highest BCUT2D eigenvalue weighted by Crippen LogP contribution is 2.20. The van der Waals surface area contributed by atoms with Crippen molar-refractivity contribution in [1.82, 2.24) is 9.55 Å². The highest BCUT2D eigenvalue weighted by atomic mass is 15.1. The van der Waals surface area contributed by atoms with Gasteiger partial charge in [-0.1, -0.05) is 34.6 Å². The maximum atomic E-state index is 6.23. The molecule has 1 aromatic heterocycles. The van der Waals surface area contributed by atoms with E-state index in [0.717, 1.165) is 43.1 Å². The van der Waals surface area contributed by atoms with E-state index in [2.05, 4.69) is 39.2 Å². The largest absolute Gasteiger partial charge is 0.384 e. The zero-order valence-electron chi connectivity index (χ0n) is 12.0. The third-order valence-electron chi connectivity index (χ3n) is 2.78. The molecule has 0 fully saturated rings. The summed E-state index contributed by atoms with van der Waals surface area (Å²) in [6, 6.07) is 0. The number of imidazole rings is 1. The summed E-state index contributed by atoms with van der Waals surface area (Å²) in [6.45, 7) is 12.0. The van der Waals surface area contributed by atoms with Crippen molar-refractivity contribution in [2.75, 3.05) is 5.73 Å². The van der Waals surface area contributed by atoms with Crippen molar-refractivity contribution in [3.05, 3.63) is 11.5 Å². The van der Waals surface area contributed by atoms with E-state index >= 15 is 0 Å². The maximum Gasteiger partial charge on any atom is 0.126 e. The second-order valence-electron chi connectivity index (χ2n) is 5.71. The number of hydrogen-bond acceptors (Lipinski definition) is 2. The second kappa shape index (κ2) is 6.08. The number of nitrogen functional groups attached to an aromatic ring is 1. The van der Waals surface area contributed by atoms with Crippen molar-refractivity contribution in [3.63, 3.8) is 0 Å². The molecule has 1 heterocycles. The average molecular weight is 237 g/mol. The molecule has 0 spiro atoms. The van der Waals surface area contributed by atoms with Gasteiger partial charge in [0.1, 0.15) is 11.6 Å². The van der Waals surface area contributed by atoms with Crippen LogP contribution in [0.1, 0.15) is 52.6 Å². The van der Waals surface area contributed by atoms with Crippen LogP contribution < -0.4 is 5.73 Å². The smallest absolute Gasteiger partial charge is 0.126 e. The van der Waals surface area contributed by atoms with E-state index in [0.29, 0.717) is 11.8 Å². The van der Waals surface area contributed by atoms with Crippen molar-refractivity contribution in [2.45, 2.75) is 60.4 Å². The zero-order valence-corrected chi connectivity index (χ0v) is 12.0. The Morgan fingerprint density at radius 1 is 1.18 bits per heavy atom. The number of hydrogen-bond donors (Lipinski definition) is 1. The lowest BCUT2D eigenvalue weighted by molar-refractivity contribution is 0.509. The molecule has 0 aliphatic rings. The summed E-state index contributed by atoms with van der Waals surface area (Å²) >= 11 is 0. The Morgan fingerprint density at radius 2 is 1.82 bits per heavy atom. The molecular formula is C14H27N3. The molecule has 0 aliphatic heterocycles. The van der Waals surface area contributed by atoms with Gasteiger partial charge in [-0.3, -0.25) is 0 Å². The maximum absolute atomic E-state index is 6.23. The quantitative estimate of drug-likeness (QED) is 0.825. The van der Waals surface area contributed by atoms with Gasteiger partial charge in [0.25, 0.3) is 0 Å². The molecule has 0 saturated heterocycles. The van der Waals surface area contributed by atoms with Crippen LogP contribution in [-0.4, -0.2) is 9.55 Å². The molecule has 0 saturated carbocycles. The predicted octanol–water partition coefficient (Wildman–Crippen LogP) is 3.27. The number of anilines is 1. The van der Waals surface area contributed by atoms with E-state index in [1.807, 2.05) is 0 Å². The molecule has 0 bridgehead atoms. The predicted molar refractivity (Wildman–Crippen MR) is 74.0 cm³/mol. The molecule has 0 unspecified atom stereocenters. The van der Waals surface area contributed by atoms with E-state index in [1.165, 1.54) is 0 Å². The van der Waals surface area contributed by atoms with Crippen LogP contribution in [0, 0.1) is 11.8 Å². The zero-order chi connectivity index (χ0) is 13.0. The normalized spacial score (nSPS) is 11.7. The van der Waals surface area contributed by atoms with Crippen LogP contribution in [0.2, 0.25) is 0 Å². The van der Waals surface area contributed by atoms with Crippen LogP contribution in [-0.2, 0) is 19.4 Å². The van der Waals surface area contributed by atoms with Crippen LogP contribution in [0.25, 0.3) is 0 Å². The molecule has 3 heteroatoms. The molecule has 98 valence electrons. The van der Waals surface area contributed by atoms with Gasteiger partial charge in [0.2, 0.25) is 0 Å². The summed E-state index contributed by atoms with van der Waals surface area (Å²) in [4.78, 5) is 4.73. The molecule has 0 atom stereocenters. The molecule has 2 N–H and O–H groups in total. The molecular weight excluding hydrogens is 210 g/mol. The summed E-state index contributed by atoms with van der Waals surface area (Å²) in [5.74, 6) is 3.26. The minimum Gasteiger partial charge on any atom is -0.384 e. The Hall–Kier alpha value is -0.990. The van der Waals surface area contributed by atoms with Crippen LogP contribution in [0.4, 0.5) is 5.82 Å². The van der Waals surface area contributed by atoms with Crippen molar-refractivity contribution in [2.24, 2.45) is 11.8 Å². The summed E-state index contributed by atoms with van der Waals surface area (Å²) in [7, 11) is 0. The Balaban J connectivity index is 3.01. The summed E-state index contributed by atoms with van der Waals surface area (Å²) in [6.07, 6.45) is 3.12. The molecule has 0 radical (unpaired) electrons. The van der Waals surface area contributed by atoms with Gasteiger partial charge in [0, 0.05) is 13.0 Å². The van der Waals surface area contributed by atoms with Gasteiger partial charge in [-0.2, -0.15) is 0 Å². The number of rotatable bonds is 6. The van der Waals surface area contributed by atoms with E-state index in [9.17, 15) is 0 Å². The fourth-order valence-corrected chi connectivity index (χ4v) is 2.09. The third kappa shape index (κ3) is 3.76. The average Bonchev–Trinajstić information content (AvgIpc) is 2.46. The Bertz CT molecular complexity index is 351. The lowest BCUT2D eigenvalue weighted by Crippen LogP contribution is -2.11. The third-order valence-corrected chi connectivity index (χ3v) is 2.78. The topological polar surface area (TPSA) is 43.8 Å². The fourth-order valence-electron chi connectivity index (χ4n) is 2.09. The molecule has 0 aliphatic carbocycles. The van der Waals surface area contributed by atoms with E-state index < -0.39 is 0 Å². The van der Waals surface area contributed by atoms with Crippen LogP contribution >= 0.6 is 0 Å². The molecule has 17 heavy (non-hydrogen) atoms. The van der Waals surface area contributed by atoms with Gasteiger partial charge in [0.05, 0.1) is 5.69 Å². The first-order valence-corrected chi connectivity index (χ1v) is 6.79. The van der Waals surface area contributed by atoms with Crippen molar-refractivity contribution < 1.29 is 0 Å². The first-order chi connectivity index (χ1) is 7.95. The fraction of sp³-hybridized carbons (Fsp3) is 0.786. The number of aryl methyl sites for hydroxylation is 1. The van der Waals surface area contributed by atoms with Crippen LogP contribution in [0.5, 0.6) is 0 Å². The number of aromatic nitrogens is 2. The van der Waals surface area contributed by atoms with Crippen LogP contribution in [0.15, 0.2) is 0 Å². The lowest BCUT2D eigenvalue weighted by atomic mass is 10.1. The second-order valence-corrected chi connectivity index (χ2v) is 5.71. The first kappa shape index (κ1) is 14.1. The molecule has 1 rings (SSSR count). The van der Waals surface area contributed by atoms with Crippen molar-refractivity contribution in [3.8, 4) is 0 Å². The van der Waals surface area contributed by atoms with E-state index in [4.69, 9.17) is 10.7 Å². The summed E-state index contributed by atoms with van der Waals surface area (Å²) < 4.78 is 2.21. The van der Waals surface area contributed by atoms with Crippen molar-refractivity contribution >= 4 is 5.82 Å². The van der Waals surface area contributed by atoms with E-state index in [-0.39, 0.29) is 0 Å². The molecule has 0 amide bonds. The number of nitrogens with zero attached hydrogens (tertiary/aromatic N) is 2. The monoisotopic (exact) mass is 237 g/mol. The minimum atomic E-state index is 0.606. The van der Waals surface area contributed by atoms with Gasteiger partial charge in [-0.25, -0.2) is 4.98 Å². The Morgan fingerprint density at radius 3 is 2.29 bits per heavy atom. The lowest BCUT2D eigenvalue weighted by Gasteiger charge is -2.12. The Kier molecular flexibility index (Phi) is 5.03. The highest BCUT2D eigenvalue weighted by Gasteiger charge is 2.15. The van der Waals surface area contributed by atoms with Gasteiger partial charge in [-0.15, -0.1) is 0 Å². The van der Waals surface area contributed by atoms with Gasteiger partial charge in [-0.05, 0) is 24.7 Å². The van der Waals surface area contributed by atoms with Gasteiger partial charge >= 0.3 is 0 Å².